The number of rotatable bonds is 4. The lowest BCUT2D eigenvalue weighted by atomic mass is 9.98. The van der Waals surface area contributed by atoms with Crippen molar-refractivity contribution in [1.29, 1.82) is 0 Å². The quantitative estimate of drug-likeness (QED) is 0.429. The first-order valence-corrected chi connectivity index (χ1v) is 11.1. The molecule has 0 aliphatic carbocycles. The number of nitrogens with one attached hydrogen (secondary N) is 1. The highest BCUT2D eigenvalue weighted by atomic mass is 19.1. The van der Waals surface area contributed by atoms with Crippen LogP contribution in [-0.4, -0.2) is 53.1 Å². The van der Waals surface area contributed by atoms with Gasteiger partial charge in [0.2, 0.25) is 0 Å². The van der Waals surface area contributed by atoms with E-state index in [0.29, 0.717) is 47.1 Å². The number of amides is 2. The van der Waals surface area contributed by atoms with Gasteiger partial charge in [-0.2, -0.15) is 0 Å². The summed E-state index contributed by atoms with van der Waals surface area (Å²) >= 11 is 0. The van der Waals surface area contributed by atoms with E-state index in [9.17, 15) is 19.1 Å². The summed E-state index contributed by atoms with van der Waals surface area (Å²) in [7, 11) is 1.39. The third-order valence-electron chi connectivity index (χ3n) is 6.39. The number of nitrogens with two attached hydrogens (primary N) is 1. The Morgan fingerprint density at radius 1 is 1.12 bits per heavy atom. The lowest BCUT2D eigenvalue weighted by Gasteiger charge is -2.30. The second-order valence-electron chi connectivity index (χ2n) is 8.59. The maximum absolute atomic E-state index is 14.4. The molecule has 4 N–H and O–H groups in total. The molecule has 0 bridgehead atoms. The van der Waals surface area contributed by atoms with E-state index in [1.54, 1.807) is 35.2 Å². The lowest BCUT2D eigenvalue weighted by molar-refractivity contribution is 0.0474. The number of halogens is 1. The average Bonchev–Trinajstić information content (AvgIpc) is 3.20. The lowest BCUT2D eigenvalue weighted by Crippen LogP contribution is -2.42. The van der Waals surface area contributed by atoms with Crippen LogP contribution in [0, 0.1) is 5.82 Å². The number of ether oxygens (including phenoxy) is 1. The zero-order chi connectivity index (χ0) is 24.0. The molecule has 0 saturated carbocycles. The fraction of sp³-hybridized carbons (Fsp3) is 0.231. The van der Waals surface area contributed by atoms with Crippen LogP contribution in [0.3, 0.4) is 0 Å². The van der Waals surface area contributed by atoms with E-state index in [-0.39, 0.29) is 17.2 Å². The predicted molar refractivity (Wildman–Crippen MR) is 127 cm³/mol. The minimum atomic E-state index is -0.619. The van der Waals surface area contributed by atoms with Crippen LogP contribution in [0.1, 0.15) is 33.6 Å². The molecule has 1 aromatic heterocycles. The van der Waals surface area contributed by atoms with Crippen molar-refractivity contribution < 1.29 is 23.8 Å². The molecule has 0 radical (unpaired) electrons. The van der Waals surface area contributed by atoms with Crippen molar-refractivity contribution in [2.45, 2.75) is 18.9 Å². The molecule has 2 heterocycles. The second kappa shape index (κ2) is 8.46. The molecule has 174 valence electrons. The summed E-state index contributed by atoms with van der Waals surface area (Å²) in [5.41, 5.74) is 8.90. The molecule has 34 heavy (non-hydrogen) atoms. The minimum absolute atomic E-state index is 0.123. The van der Waals surface area contributed by atoms with Crippen LogP contribution in [0.25, 0.3) is 32.9 Å². The molecule has 4 aromatic rings. The summed E-state index contributed by atoms with van der Waals surface area (Å²) in [6, 6.07) is 13.3. The molecule has 2 amide bonds. The zero-order valence-electron chi connectivity index (χ0n) is 18.6. The van der Waals surface area contributed by atoms with Gasteiger partial charge in [-0.1, -0.05) is 6.07 Å². The number of aromatic amines is 1. The van der Waals surface area contributed by atoms with E-state index >= 15 is 0 Å². The van der Waals surface area contributed by atoms with Gasteiger partial charge in [-0.25, -0.2) is 4.39 Å². The van der Waals surface area contributed by atoms with E-state index in [2.05, 4.69) is 4.98 Å². The van der Waals surface area contributed by atoms with Gasteiger partial charge in [0.15, 0.2) is 11.6 Å². The SMILES string of the molecule is COc1ccc(-c2cc(C(N)=O)c3[nH]c4ccc(C(=O)N5CCC[C@H](O)C5)cc4c3c2)cc1F. The average molecular weight is 461 g/mol. The highest BCUT2D eigenvalue weighted by molar-refractivity contribution is 6.17. The van der Waals surface area contributed by atoms with E-state index in [4.69, 9.17) is 10.5 Å². The van der Waals surface area contributed by atoms with Gasteiger partial charge in [0.25, 0.3) is 11.8 Å². The highest BCUT2D eigenvalue weighted by Gasteiger charge is 2.24. The number of hydrogen-bond donors (Lipinski definition) is 3. The Hall–Kier alpha value is -3.91. The van der Waals surface area contributed by atoms with Crippen LogP contribution in [-0.2, 0) is 0 Å². The molecule has 1 atom stereocenters. The number of aromatic nitrogens is 1. The Labute approximate surface area is 194 Å². The van der Waals surface area contributed by atoms with Gasteiger partial charge in [-0.05, 0) is 66.4 Å². The Balaban J connectivity index is 1.66. The van der Waals surface area contributed by atoms with Gasteiger partial charge in [-0.15, -0.1) is 0 Å². The number of carbonyl (C=O) groups is 2. The molecule has 3 aromatic carbocycles. The number of aliphatic hydroxyl groups is 1. The Kier molecular flexibility index (Phi) is 5.45. The van der Waals surface area contributed by atoms with Crippen LogP contribution < -0.4 is 10.5 Å². The molecule has 1 aliphatic heterocycles. The first-order chi connectivity index (χ1) is 16.4. The Morgan fingerprint density at radius 3 is 2.65 bits per heavy atom. The van der Waals surface area contributed by atoms with Crippen LogP contribution in [0.15, 0.2) is 48.5 Å². The third kappa shape index (κ3) is 3.76. The number of methoxy groups -OCH3 is 1. The number of likely N-dealkylation sites (tertiary alicyclic amines) is 1. The number of carbonyl (C=O) groups excluding carboxylic acids is 2. The van der Waals surface area contributed by atoms with Gasteiger partial charge in [0, 0.05) is 34.9 Å². The first kappa shape index (κ1) is 21.9. The summed E-state index contributed by atoms with van der Waals surface area (Å²) in [5, 5.41) is 11.4. The maximum Gasteiger partial charge on any atom is 0.253 e. The van der Waals surface area contributed by atoms with E-state index < -0.39 is 17.8 Å². The number of nitrogens with zero attached hydrogens (tertiary/aromatic N) is 1. The fourth-order valence-corrected chi connectivity index (χ4v) is 4.66. The number of β-amino-alcohol motifs (C(OH)–C–C–N with tert-alkyl or cyclic N) is 1. The summed E-state index contributed by atoms with van der Waals surface area (Å²) < 4.78 is 19.4. The van der Waals surface area contributed by atoms with Gasteiger partial charge >= 0.3 is 0 Å². The summed E-state index contributed by atoms with van der Waals surface area (Å²) in [6.45, 7) is 0.907. The monoisotopic (exact) mass is 461 g/mol. The van der Waals surface area contributed by atoms with Crippen molar-refractivity contribution in [1.82, 2.24) is 9.88 Å². The van der Waals surface area contributed by atoms with Gasteiger partial charge < -0.3 is 25.5 Å². The molecule has 7 nitrogen and oxygen atoms in total. The fourth-order valence-electron chi connectivity index (χ4n) is 4.66. The maximum atomic E-state index is 14.4. The molecule has 1 saturated heterocycles. The molecule has 1 fully saturated rings. The Bertz CT molecular complexity index is 1450. The van der Waals surface area contributed by atoms with Crippen molar-refractivity contribution in [3.63, 3.8) is 0 Å². The van der Waals surface area contributed by atoms with Crippen molar-refractivity contribution in [2.75, 3.05) is 20.2 Å². The number of hydrogen-bond acceptors (Lipinski definition) is 4. The van der Waals surface area contributed by atoms with Crippen LogP contribution in [0.2, 0.25) is 0 Å². The van der Waals surface area contributed by atoms with Crippen molar-refractivity contribution in [3.8, 4) is 16.9 Å². The first-order valence-electron chi connectivity index (χ1n) is 11.1. The highest BCUT2D eigenvalue weighted by Crippen LogP contribution is 2.34. The van der Waals surface area contributed by atoms with Crippen LogP contribution in [0.4, 0.5) is 4.39 Å². The van der Waals surface area contributed by atoms with Crippen LogP contribution >= 0.6 is 0 Å². The number of primary amides is 1. The molecular formula is C26H24FN3O4. The largest absolute Gasteiger partial charge is 0.494 e. The van der Waals surface area contributed by atoms with E-state index in [1.165, 1.54) is 19.2 Å². The van der Waals surface area contributed by atoms with Gasteiger partial charge in [0.05, 0.1) is 24.3 Å². The number of piperidine rings is 1. The normalized spacial score (nSPS) is 16.2. The van der Waals surface area contributed by atoms with E-state index in [0.717, 1.165) is 17.3 Å². The minimum Gasteiger partial charge on any atom is -0.494 e. The molecular weight excluding hydrogens is 437 g/mol. The van der Waals surface area contributed by atoms with Crippen molar-refractivity contribution in [3.05, 3.63) is 65.5 Å². The number of H-pyrrole nitrogens is 1. The standard InChI is InChI=1S/C26H24FN3O4/c1-34-23-7-5-14(12-21(23)27)16-10-19-18-9-15(26(33)30-8-2-3-17(31)13-30)4-6-22(18)29-24(19)20(11-16)25(28)32/h4-7,9-12,17,29,31H,2-3,8,13H2,1H3,(H2,28,32)/t17-/m0/s1. The van der Waals surface area contributed by atoms with E-state index in [1.807, 2.05) is 6.07 Å². The summed E-state index contributed by atoms with van der Waals surface area (Å²) in [5.74, 6) is -1.17. The number of fused-ring (bicyclic) bond motifs is 3. The molecule has 0 spiro atoms. The molecule has 0 unspecified atom stereocenters. The van der Waals surface area contributed by atoms with Crippen molar-refractivity contribution >= 4 is 33.6 Å². The van der Waals surface area contributed by atoms with Crippen molar-refractivity contribution in [2.24, 2.45) is 5.73 Å². The number of benzene rings is 3. The molecule has 5 rings (SSSR count). The zero-order valence-corrected chi connectivity index (χ0v) is 18.6. The predicted octanol–water partition coefficient (Wildman–Crippen LogP) is 3.83. The van der Waals surface area contributed by atoms with Crippen LogP contribution in [0.5, 0.6) is 5.75 Å². The van der Waals surface area contributed by atoms with Gasteiger partial charge in [0.1, 0.15) is 0 Å². The van der Waals surface area contributed by atoms with Gasteiger partial charge in [-0.3, -0.25) is 9.59 Å². The topological polar surface area (TPSA) is 109 Å². The summed E-state index contributed by atoms with van der Waals surface area (Å²) in [6.07, 6.45) is 0.933. The third-order valence-corrected chi connectivity index (χ3v) is 6.39. The number of aliphatic hydroxyl groups excluding tert-OH is 1. The smallest absolute Gasteiger partial charge is 0.253 e. The summed E-state index contributed by atoms with van der Waals surface area (Å²) in [4.78, 5) is 30.3. The Morgan fingerprint density at radius 2 is 1.94 bits per heavy atom. The second-order valence-corrected chi connectivity index (χ2v) is 8.59. The molecule has 1 aliphatic rings. The molecule has 8 heteroatoms.